The third-order valence-electron chi connectivity index (χ3n) is 4.68. The average molecular weight is 542 g/mol. The maximum Gasteiger partial charge on any atom is 0.342 e. The number of aromatic hydroxyl groups is 2. The fraction of sp³-hybridized carbons (Fsp3) is 0.138. The predicted octanol–water partition coefficient (Wildman–Crippen LogP) is 7.98. The number of esters is 1. The van der Waals surface area contributed by atoms with Crippen LogP contribution in [0.3, 0.4) is 0 Å². The Labute approximate surface area is 227 Å². The van der Waals surface area contributed by atoms with Crippen LogP contribution in [-0.4, -0.2) is 29.6 Å². The van der Waals surface area contributed by atoms with Gasteiger partial charge in [0.15, 0.2) is 6.79 Å². The molecule has 0 aromatic heterocycles. The van der Waals surface area contributed by atoms with Crippen LogP contribution in [0.15, 0.2) is 97.1 Å². The SMILES string of the molecule is CCOCOC(=O)c1ccccc1Nc1c(Cl)ccc(C)c1Cl.Oc1ccccc1.Oc1ccccc1. The Hall–Kier alpha value is -3.71. The number of nitrogens with one attached hydrogen (secondary N) is 1. The molecule has 37 heavy (non-hydrogen) atoms. The molecule has 6 nitrogen and oxygen atoms in total. The molecule has 0 aliphatic heterocycles. The van der Waals surface area contributed by atoms with Gasteiger partial charge in [-0.25, -0.2) is 4.79 Å². The lowest BCUT2D eigenvalue weighted by atomic mass is 10.1. The Morgan fingerprint density at radius 1 is 0.811 bits per heavy atom. The van der Waals surface area contributed by atoms with E-state index < -0.39 is 5.97 Å². The Morgan fingerprint density at radius 3 is 1.86 bits per heavy atom. The number of phenols is 2. The van der Waals surface area contributed by atoms with Gasteiger partial charge in [-0.3, -0.25) is 0 Å². The smallest absolute Gasteiger partial charge is 0.342 e. The number of hydrogen-bond donors (Lipinski definition) is 3. The number of carbonyl (C=O) groups is 1. The molecular formula is C29H29Cl2NO5. The zero-order valence-corrected chi connectivity index (χ0v) is 22.0. The predicted molar refractivity (Wildman–Crippen MR) is 149 cm³/mol. The molecule has 0 bridgehead atoms. The number of aryl methyl sites for hydroxylation is 1. The van der Waals surface area contributed by atoms with Crippen molar-refractivity contribution < 1.29 is 24.5 Å². The molecule has 0 aliphatic carbocycles. The van der Waals surface area contributed by atoms with Crippen LogP contribution >= 0.6 is 23.2 Å². The fourth-order valence-electron chi connectivity index (χ4n) is 2.79. The van der Waals surface area contributed by atoms with Crippen molar-refractivity contribution in [2.45, 2.75) is 13.8 Å². The molecule has 194 valence electrons. The van der Waals surface area contributed by atoms with E-state index in [1.165, 1.54) is 0 Å². The van der Waals surface area contributed by atoms with Gasteiger partial charge < -0.3 is 25.0 Å². The van der Waals surface area contributed by atoms with Gasteiger partial charge in [0.05, 0.1) is 27.0 Å². The minimum Gasteiger partial charge on any atom is -0.508 e. The van der Waals surface area contributed by atoms with Crippen molar-refractivity contribution in [3.05, 3.63) is 118 Å². The largest absolute Gasteiger partial charge is 0.508 e. The molecule has 0 unspecified atom stereocenters. The second-order valence-electron chi connectivity index (χ2n) is 7.44. The van der Waals surface area contributed by atoms with Gasteiger partial charge in [-0.1, -0.05) is 77.8 Å². The summed E-state index contributed by atoms with van der Waals surface area (Å²) in [5.74, 6) is 0.159. The van der Waals surface area contributed by atoms with Crippen LogP contribution in [0.25, 0.3) is 0 Å². The van der Waals surface area contributed by atoms with Crippen LogP contribution < -0.4 is 5.32 Å². The van der Waals surface area contributed by atoms with Gasteiger partial charge in [-0.15, -0.1) is 0 Å². The second-order valence-corrected chi connectivity index (χ2v) is 8.22. The van der Waals surface area contributed by atoms with Crippen LogP contribution in [0.5, 0.6) is 11.5 Å². The molecule has 4 aromatic carbocycles. The monoisotopic (exact) mass is 541 g/mol. The van der Waals surface area contributed by atoms with Crippen molar-refractivity contribution in [2.24, 2.45) is 0 Å². The van der Waals surface area contributed by atoms with E-state index in [4.69, 9.17) is 42.9 Å². The molecule has 8 heteroatoms. The normalized spacial score (nSPS) is 9.73. The zero-order valence-electron chi connectivity index (χ0n) is 20.5. The summed E-state index contributed by atoms with van der Waals surface area (Å²) in [6.45, 7) is 4.09. The summed E-state index contributed by atoms with van der Waals surface area (Å²) in [5, 5.41) is 21.4. The third kappa shape index (κ3) is 10.4. The number of phenolic OH excluding ortho intramolecular Hbond substituents is 2. The molecule has 0 spiro atoms. The van der Waals surface area contributed by atoms with Crippen molar-refractivity contribution in [1.82, 2.24) is 0 Å². The molecule has 0 fully saturated rings. The van der Waals surface area contributed by atoms with Gasteiger partial charge >= 0.3 is 5.97 Å². The Bertz CT molecular complexity index is 1200. The molecular weight excluding hydrogens is 513 g/mol. The van der Waals surface area contributed by atoms with Crippen molar-refractivity contribution >= 4 is 40.5 Å². The summed E-state index contributed by atoms with van der Waals surface area (Å²) in [6.07, 6.45) is 0. The summed E-state index contributed by atoms with van der Waals surface area (Å²) in [7, 11) is 0. The first kappa shape index (κ1) is 29.5. The number of halogens is 2. The topological polar surface area (TPSA) is 88.0 Å². The first-order valence-electron chi connectivity index (χ1n) is 11.4. The molecule has 0 atom stereocenters. The molecule has 3 N–H and O–H groups in total. The first-order valence-corrected chi connectivity index (χ1v) is 12.1. The molecule has 4 rings (SSSR count). The maximum absolute atomic E-state index is 12.2. The summed E-state index contributed by atoms with van der Waals surface area (Å²) in [4.78, 5) is 12.2. The van der Waals surface area contributed by atoms with Crippen LogP contribution in [0, 0.1) is 6.92 Å². The Morgan fingerprint density at radius 2 is 1.35 bits per heavy atom. The lowest BCUT2D eigenvalue weighted by Crippen LogP contribution is -2.11. The molecule has 4 aromatic rings. The number of carbonyl (C=O) groups excluding carboxylic acids is 1. The highest BCUT2D eigenvalue weighted by molar-refractivity contribution is 6.39. The van der Waals surface area contributed by atoms with Gasteiger partial charge in [0.25, 0.3) is 0 Å². The third-order valence-corrected chi connectivity index (χ3v) is 5.48. The highest BCUT2D eigenvalue weighted by Crippen LogP contribution is 2.36. The van der Waals surface area contributed by atoms with Crippen LogP contribution in [0.1, 0.15) is 22.8 Å². The minimum atomic E-state index is -0.485. The van der Waals surface area contributed by atoms with E-state index in [1.54, 1.807) is 78.9 Å². The van der Waals surface area contributed by atoms with Gasteiger partial charge in [0.2, 0.25) is 0 Å². The van der Waals surface area contributed by atoms with E-state index in [-0.39, 0.29) is 6.79 Å². The highest BCUT2D eigenvalue weighted by Gasteiger charge is 2.15. The van der Waals surface area contributed by atoms with E-state index in [1.807, 2.05) is 32.0 Å². The van der Waals surface area contributed by atoms with E-state index in [2.05, 4.69) is 5.32 Å². The molecule has 0 amide bonds. The zero-order chi connectivity index (χ0) is 27.0. The Balaban J connectivity index is 0.000000276. The summed E-state index contributed by atoms with van der Waals surface area (Å²) >= 11 is 12.5. The number of hydrogen-bond acceptors (Lipinski definition) is 6. The number of anilines is 2. The second kappa shape index (κ2) is 16.1. The molecule has 0 aliphatic rings. The number of para-hydroxylation sites is 3. The maximum atomic E-state index is 12.2. The molecule has 0 heterocycles. The lowest BCUT2D eigenvalue weighted by molar-refractivity contribution is -0.0273. The molecule has 0 radical (unpaired) electrons. The summed E-state index contributed by atoms with van der Waals surface area (Å²) in [5.41, 5.74) is 2.37. The average Bonchev–Trinajstić information content (AvgIpc) is 2.91. The van der Waals surface area contributed by atoms with Crippen LogP contribution in [0.4, 0.5) is 11.4 Å². The minimum absolute atomic E-state index is 0.0877. The van der Waals surface area contributed by atoms with Crippen molar-refractivity contribution in [3.63, 3.8) is 0 Å². The van der Waals surface area contributed by atoms with Gasteiger partial charge in [-0.05, 0) is 61.9 Å². The molecule has 0 saturated heterocycles. The number of rotatable bonds is 6. The van der Waals surface area contributed by atoms with Crippen molar-refractivity contribution in [2.75, 3.05) is 18.7 Å². The van der Waals surface area contributed by atoms with Gasteiger partial charge in [-0.2, -0.15) is 0 Å². The van der Waals surface area contributed by atoms with Crippen molar-refractivity contribution in [3.8, 4) is 11.5 Å². The Kier molecular flexibility index (Phi) is 12.9. The van der Waals surface area contributed by atoms with Crippen LogP contribution in [-0.2, 0) is 9.47 Å². The molecule has 0 saturated carbocycles. The number of ether oxygens (including phenoxy) is 2. The highest BCUT2D eigenvalue weighted by atomic mass is 35.5. The first-order chi connectivity index (χ1) is 17.8. The fourth-order valence-corrected chi connectivity index (χ4v) is 3.25. The van der Waals surface area contributed by atoms with Gasteiger partial charge in [0.1, 0.15) is 11.5 Å². The summed E-state index contributed by atoms with van der Waals surface area (Å²) in [6, 6.07) is 28.0. The number of benzene rings is 4. The van der Waals surface area contributed by atoms with E-state index in [9.17, 15) is 4.79 Å². The van der Waals surface area contributed by atoms with Crippen molar-refractivity contribution in [1.29, 1.82) is 0 Å². The van der Waals surface area contributed by atoms with E-state index in [0.29, 0.717) is 45.1 Å². The van der Waals surface area contributed by atoms with Gasteiger partial charge in [0, 0.05) is 6.61 Å². The standard InChI is InChI=1S/C17H17Cl2NO3.2C6H6O/c1-3-22-10-23-17(21)12-6-4-5-7-14(12)20-16-13(18)9-8-11(2)15(16)19;2*7-6-4-2-1-3-5-6/h4-9,20H,3,10H2,1-2H3;2*1-5,7H. The van der Waals surface area contributed by atoms with E-state index in [0.717, 1.165) is 5.56 Å². The van der Waals surface area contributed by atoms with Crippen LogP contribution in [0.2, 0.25) is 10.0 Å². The lowest BCUT2D eigenvalue weighted by Gasteiger charge is -2.15. The quantitative estimate of drug-likeness (QED) is 0.130. The van der Waals surface area contributed by atoms with E-state index >= 15 is 0 Å². The summed E-state index contributed by atoms with van der Waals surface area (Å²) < 4.78 is 10.1.